The Kier molecular flexibility index (Phi) is 4.69. The molecule has 0 unspecified atom stereocenters. The van der Waals surface area contributed by atoms with Crippen LogP contribution in [0.1, 0.15) is 18.4 Å². The lowest BCUT2D eigenvalue weighted by atomic mass is 10.1. The molecule has 1 aromatic carbocycles. The third-order valence-corrected chi connectivity index (χ3v) is 7.31. The minimum Gasteiger partial charge on any atom is -0.353 e. The standard InChI is InChI=1S/C21H23N5O3S/c27-21(25-14-12-24(13-15-25)19-9-3-4-10-22-19)17-7-5-11-26(17)20-16-6-1-2-8-18(16)30(28,29)23-20/h1-4,6,8-10,17H,5,7,11-15H2/t17-/m1/s1. The van der Waals surface area contributed by atoms with Crippen LogP contribution < -0.4 is 4.90 Å². The topological polar surface area (TPSA) is 86.2 Å². The number of pyridine rings is 1. The van der Waals surface area contributed by atoms with Crippen molar-refractivity contribution in [2.45, 2.75) is 23.8 Å². The quantitative estimate of drug-likeness (QED) is 0.722. The number of amidine groups is 1. The van der Waals surface area contributed by atoms with Gasteiger partial charge in [-0.2, -0.15) is 8.42 Å². The van der Waals surface area contributed by atoms with E-state index in [4.69, 9.17) is 0 Å². The average Bonchev–Trinajstić information content (AvgIpc) is 3.37. The molecule has 2 saturated heterocycles. The molecule has 8 nitrogen and oxygen atoms in total. The first kappa shape index (κ1) is 19.0. The van der Waals surface area contributed by atoms with Crippen molar-refractivity contribution in [3.8, 4) is 0 Å². The van der Waals surface area contributed by atoms with Gasteiger partial charge < -0.3 is 14.7 Å². The fourth-order valence-electron chi connectivity index (χ4n) is 4.48. The third kappa shape index (κ3) is 3.23. The van der Waals surface area contributed by atoms with Crippen LogP contribution in [0.25, 0.3) is 0 Å². The molecule has 0 spiro atoms. The van der Waals surface area contributed by atoms with Gasteiger partial charge in [-0.1, -0.05) is 18.2 Å². The highest BCUT2D eigenvalue weighted by atomic mass is 32.2. The van der Waals surface area contributed by atoms with Crippen LogP contribution in [0, 0.1) is 0 Å². The summed E-state index contributed by atoms with van der Waals surface area (Å²) < 4.78 is 28.9. The summed E-state index contributed by atoms with van der Waals surface area (Å²) >= 11 is 0. The van der Waals surface area contributed by atoms with Crippen molar-refractivity contribution < 1.29 is 13.2 Å². The van der Waals surface area contributed by atoms with Crippen LogP contribution in [-0.2, 0) is 14.8 Å². The lowest BCUT2D eigenvalue weighted by Gasteiger charge is -2.38. The zero-order valence-electron chi connectivity index (χ0n) is 16.5. The third-order valence-electron chi connectivity index (χ3n) is 5.99. The number of carbonyl (C=O) groups excluding carboxylic acids is 1. The van der Waals surface area contributed by atoms with Gasteiger partial charge in [0.2, 0.25) is 5.91 Å². The molecule has 30 heavy (non-hydrogen) atoms. The Labute approximate surface area is 175 Å². The molecule has 0 N–H and O–H groups in total. The van der Waals surface area contributed by atoms with Crippen molar-refractivity contribution in [3.63, 3.8) is 0 Å². The number of hydrogen-bond donors (Lipinski definition) is 0. The predicted molar refractivity (Wildman–Crippen MR) is 113 cm³/mol. The second-order valence-electron chi connectivity index (χ2n) is 7.74. The Morgan fingerprint density at radius 2 is 1.73 bits per heavy atom. The van der Waals surface area contributed by atoms with Crippen molar-refractivity contribution >= 4 is 27.6 Å². The molecule has 1 amide bonds. The Morgan fingerprint density at radius 3 is 2.50 bits per heavy atom. The molecule has 1 atom stereocenters. The van der Waals surface area contributed by atoms with E-state index in [-0.39, 0.29) is 16.8 Å². The number of rotatable bonds is 2. The summed E-state index contributed by atoms with van der Waals surface area (Å²) in [5, 5.41) is 0. The van der Waals surface area contributed by atoms with E-state index in [9.17, 15) is 13.2 Å². The Balaban J connectivity index is 1.32. The van der Waals surface area contributed by atoms with E-state index in [0.29, 0.717) is 37.5 Å². The van der Waals surface area contributed by atoms with E-state index in [0.717, 1.165) is 25.3 Å². The number of nitrogens with zero attached hydrogens (tertiary/aromatic N) is 5. The fourth-order valence-corrected chi connectivity index (χ4v) is 5.70. The lowest BCUT2D eigenvalue weighted by Crippen LogP contribution is -2.54. The Morgan fingerprint density at radius 1 is 0.967 bits per heavy atom. The van der Waals surface area contributed by atoms with Crippen LogP contribution in [0.15, 0.2) is 58.0 Å². The molecule has 0 radical (unpaired) electrons. The molecule has 5 rings (SSSR count). The van der Waals surface area contributed by atoms with Crippen molar-refractivity contribution in [3.05, 3.63) is 54.2 Å². The van der Waals surface area contributed by atoms with Crippen LogP contribution in [0.4, 0.5) is 5.82 Å². The Bertz CT molecular complexity index is 1090. The van der Waals surface area contributed by atoms with Crippen LogP contribution in [0.5, 0.6) is 0 Å². The molecule has 0 saturated carbocycles. The number of likely N-dealkylation sites (tertiary alicyclic amines) is 1. The fraction of sp³-hybridized carbons (Fsp3) is 0.381. The molecule has 1 aromatic heterocycles. The van der Waals surface area contributed by atoms with Crippen molar-refractivity contribution in [1.29, 1.82) is 0 Å². The smallest absolute Gasteiger partial charge is 0.285 e. The highest BCUT2D eigenvalue weighted by molar-refractivity contribution is 7.90. The van der Waals surface area contributed by atoms with Gasteiger partial charge in [-0.15, -0.1) is 4.40 Å². The van der Waals surface area contributed by atoms with Gasteiger partial charge >= 0.3 is 0 Å². The number of anilines is 1. The molecule has 3 aliphatic rings. The van der Waals surface area contributed by atoms with E-state index >= 15 is 0 Å². The summed E-state index contributed by atoms with van der Waals surface area (Å²) in [4.78, 5) is 23.9. The number of aromatic nitrogens is 1. The zero-order valence-corrected chi connectivity index (χ0v) is 17.3. The average molecular weight is 426 g/mol. The lowest BCUT2D eigenvalue weighted by molar-refractivity contribution is -0.135. The maximum absolute atomic E-state index is 13.3. The molecule has 2 aromatic rings. The van der Waals surface area contributed by atoms with Crippen LogP contribution in [0.3, 0.4) is 0 Å². The highest BCUT2D eigenvalue weighted by Crippen LogP contribution is 2.31. The minimum absolute atomic E-state index is 0.0534. The summed E-state index contributed by atoms with van der Waals surface area (Å²) in [6.07, 6.45) is 3.32. The van der Waals surface area contributed by atoms with Crippen LogP contribution in [-0.4, -0.2) is 73.7 Å². The van der Waals surface area contributed by atoms with Gasteiger partial charge in [0.1, 0.15) is 16.8 Å². The number of sulfonamides is 1. The van der Waals surface area contributed by atoms with Crippen molar-refractivity contribution in [2.75, 3.05) is 37.6 Å². The molecule has 0 bridgehead atoms. The minimum atomic E-state index is -3.70. The molecular formula is C21H23N5O3S. The predicted octanol–water partition coefficient (Wildman–Crippen LogP) is 1.34. The Hall–Kier alpha value is -2.94. The summed E-state index contributed by atoms with van der Waals surface area (Å²) in [5.41, 5.74) is 0.595. The van der Waals surface area contributed by atoms with Gasteiger partial charge in [0.05, 0.1) is 0 Å². The van der Waals surface area contributed by atoms with Gasteiger partial charge in [-0.3, -0.25) is 4.79 Å². The van der Waals surface area contributed by atoms with Crippen molar-refractivity contribution in [2.24, 2.45) is 4.40 Å². The number of fused-ring (bicyclic) bond motifs is 1. The SMILES string of the molecule is O=C([C@H]1CCCN1C1=NS(=O)(=O)c2ccccc21)N1CCN(c2ccccn2)CC1. The largest absolute Gasteiger partial charge is 0.353 e. The molecule has 4 heterocycles. The van der Waals surface area contributed by atoms with Crippen LogP contribution >= 0.6 is 0 Å². The van der Waals surface area contributed by atoms with E-state index in [1.807, 2.05) is 28.0 Å². The van der Waals surface area contributed by atoms with E-state index < -0.39 is 10.0 Å². The van der Waals surface area contributed by atoms with E-state index in [2.05, 4.69) is 14.3 Å². The summed E-state index contributed by atoms with van der Waals surface area (Å²) in [6.45, 7) is 3.34. The van der Waals surface area contributed by atoms with Gasteiger partial charge in [0.15, 0.2) is 5.84 Å². The molecular weight excluding hydrogens is 402 g/mol. The van der Waals surface area contributed by atoms with Crippen molar-refractivity contribution in [1.82, 2.24) is 14.8 Å². The van der Waals surface area contributed by atoms with Gasteiger partial charge in [0, 0.05) is 44.5 Å². The first-order valence-corrected chi connectivity index (χ1v) is 11.6. The number of carbonyl (C=O) groups is 1. The maximum atomic E-state index is 13.3. The van der Waals surface area contributed by atoms with E-state index in [1.54, 1.807) is 30.5 Å². The van der Waals surface area contributed by atoms with Gasteiger partial charge in [-0.25, -0.2) is 4.98 Å². The number of amides is 1. The molecule has 3 aliphatic heterocycles. The van der Waals surface area contributed by atoms with E-state index in [1.165, 1.54) is 0 Å². The summed E-state index contributed by atoms with van der Waals surface area (Å²) in [5.74, 6) is 1.39. The molecule has 9 heteroatoms. The summed E-state index contributed by atoms with van der Waals surface area (Å²) in [6, 6.07) is 12.3. The van der Waals surface area contributed by atoms with Gasteiger partial charge in [0.25, 0.3) is 10.0 Å². The molecule has 2 fully saturated rings. The second kappa shape index (κ2) is 7.39. The van der Waals surface area contributed by atoms with Crippen LogP contribution in [0.2, 0.25) is 0 Å². The maximum Gasteiger partial charge on any atom is 0.285 e. The number of piperazine rings is 1. The molecule has 0 aliphatic carbocycles. The van der Waals surface area contributed by atoms with Gasteiger partial charge in [-0.05, 0) is 37.1 Å². The monoisotopic (exact) mass is 425 g/mol. The normalized spacial score (nSPS) is 22.7. The first-order valence-electron chi connectivity index (χ1n) is 10.2. The first-order chi connectivity index (χ1) is 14.5. The second-order valence-corrected chi connectivity index (χ2v) is 9.31. The number of benzene rings is 1. The highest BCUT2D eigenvalue weighted by Gasteiger charge is 2.41. The summed E-state index contributed by atoms with van der Waals surface area (Å²) in [7, 11) is -3.70. The molecule has 156 valence electrons. The zero-order chi connectivity index (χ0) is 20.7. The number of hydrogen-bond acceptors (Lipinski definition) is 6.